The summed E-state index contributed by atoms with van der Waals surface area (Å²) in [5.41, 5.74) is -0.316. The number of alkyl carbamates (subject to hydrolysis) is 2. The zero-order valence-electron chi connectivity index (χ0n) is 22.4. The minimum atomic E-state index is -0.545. The molecular weight excluding hydrogens is 488 g/mol. The lowest BCUT2D eigenvalue weighted by molar-refractivity contribution is -0.142. The van der Waals surface area contributed by atoms with Gasteiger partial charge in [0.25, 0.3) is 0 Å². The summed E-state index contributed by atoms with van der Waals surface area (Å²) in [5.74, 6) is -0.896. The van der Waals surface area contributed by atoms with E-state index in [1.54, 1.807) is 0 Å². The van der Waals surface area contributed by atoms with Gasteiger partial charge >= 0.3 is 24.1 Å². The molecule has 1 aliphatic carbocycles. The van der Waals surface area contributed by atoms with E-state index in [0.717, 1.165) is 18.9 Å². The van der Waals surface area contributed by atoms with E-state index in [0.29, 0.717) is 13.0 Å². The first kappa shape index (κ1) is 32.2. The lowest BCUT2D eigenvalue weighted by Gasteiger charge is -2.46. The second kappa shape index (κ2) is 16.8. The van der Waals surface area contributed by atoms with Gasteiger partial charge in [-0.2, -0.15) is 0 Å². The largest absolute Gasteiger partial charge is 0.463 e. The Balaban J connectivity index is 2.30. The maximum absolute atomic E-state index is 12.3. The topological polar surface area (TPSA) is 148 Å². The number of carbonyl (C=O) groups is 4. The van der Waals surface area contributed by atoms with Crippen molar-refractivity contribution in [2.24, 2.45) is 10.8 Å². The Bertz CT molecular complexity index is 758. The number of carbonyl (C=O) groups excluding carboxylic acids is 4. The fraction of sp³-hybridized carbons (Fsp3) is 0.760. The second-order valence-corrected chi connectivity index (χ2v) is 9.96. The van der Waals surface area contributed by atoms with Crippen molar-refractivity contribution in [3.63, 3.8) is 0 Å². The number of ether oxygens (including phenoxy) is 6. The van der Waals surface area contributed by atoms with Gasteiger partial charge in [-0.25, -0.2) is 14.4 Å². The van der Waals surface area contributed by atoms with Gasteiger partial charge in [0.1, 0.15) is 26.4 Å². The molecule has 1 saturated carbocycles. The van der Waals surface area contributed by atoms with E-state index in [2.05, 4.69) is 38.0 Å². The Labute approximate surface area is 218 Å². The molecule has 0 aromatic rings. The minimum Gasteiger partial charge on any atom is -0.463 e. The third kappa shape index (κ3) is 15.8. The van der Waals surface area contributed by atoms with Gasteiger partial charge in [0, 0.05) is 25.6 Å². The van der Waals surface area contributed by atoms with Crippen molar-refractivity contribution in [1.82, 2.24) is 10.6 Å². The molecule has 12 heteroatoms. The first-order chi connectivity index (χ1) is 17.4. The van der Waals surface area contributed by atoms with Gasteiger partial charge in [0.15, 0.2) is 0 Å². The number of amides is 2. The quantitative estimate of drug-likeness (QED) is 0.132. The molecule has 37 heavy (non-hydrogen) atoms. The standard InChI is InChI=1S/C25H42N2O10/c1-6-21(29)35-12-8-33-10-14-37-23(31)27-20-15-24(3,4)17-25(5,16-20)18-26-22(30)36-13-9-32-7-11-34-19(2)28/h6,20H,1,7-18H2,2-5H3,(H,26,30)(H,27,31). The third-order valence-electron chi connectivity index (χ3n) is 5.52. The normalized spacial score (nSPS) is 20.3. The summed E-state index contributed by atoms with van der Waals surface area (Å²) in [7, 11) is 0. The van der Waals surface area contributed by atoms with Crippen molar-refractivity contribution >= 4 is 24.1 Å². The molecule has 1 fully saturated rings. The molecule has 212 valence electrons. The summed E-state index contributed by atoms with van der Waals surface area (Å²) in [6.45, 7) is 12.5. The summed E-state index contributed by atoms with van der Waals surface area (Å²) in [4.78, 5) is 46.0. The van der Waals surface area contributed by atoms with Gasteiger partial charge in [-0.3, -0.25) is 4.79 Å². The number of hydrogen-bond donors (Lipinski definition) is 2. The molecule has 0 radical (unpaired) electrons. The predicted octanol–water partition coefficient (Wildman–Crippen LogP) is 2.35. The van der Waals surface area contributed by atoms with E-state index < -0.39 is 18.2 Å². The number of hydrogen-bond acceptors (Lipinski definition) is 10. The molecule has 12 nitrogen and oxygen atoms in total. The highest BCUT2D eigenvalue weighted by Crippen LogP contribution is 2.45. The first-order valence-corrected chi connectivity index (χ1v) is 12.4. The highest BCUT2D eigenvalue weighted by Gasteiger charge is 2.42. The average molecular weight is 531 g/mol. The highest BCUT2D eigenvalue weighted by molar-refractivity contribution is 5.81. The number of nitrogens with one attached hydrogen (secondary N) is 2. The van der Waals surface area contributed by atoms with Crippen molar-refractivity contribution in [2.45, 2.75) is 53.0 Å². The molecule has 2 N–H and O–H groups in total. The van der Waals surface area contributed by atoms with Crippen LogP contribution in [0.5, 0.6) is 0 Å². The van der Waals surface area contributed by atoms with Crippen LogP contribution in [0.15, 0.2) is 12.7 Å². The van der Waals surface area contributed by atoms with Crippen molar-refractivity contribution in [3.05, 3.63) is 12.7 Å². The van der Waals surface area contributed by atoms with Crippen molar-refractivity contribution in [1.29, 1.82) is 0 Å². The molecule has 2 unspecified atom stereocenters. The van der Waals surface area contributed by atoms with Gasteiger partial charge in [-0.1, -0.05) is 27.4 Å². The molecule has 1 rings (SSSR count). The molecule has 0 aliphatic heterocycles. The van der Waals surface area contributed by atoms with Crippen LogP contribution in [0.2, 0.25) is 0 Å². The zero-order chi connectivity index (χ0) is 27.7. The van der Waals surface area contributed by atoms with Crippen LogP contribution in [0.4, 0.5) is 9.59 Å². The lowest BCUT2D eigenvalue weighted by Crippen LogP contribution is -2.50. The Kier molecular flexibility index (Phi) is 14.6. The predicted molar refractivity (Wildman–Crippen MR) is 133 cm³/mol. The van der Waals surface area contributed by atoms with E-state index in [1.165, 1.54) is 6.92 Å². The number of esters is 2. The van der Waals surface area contributed by atoms with E-state index in [1.807, 2.05) is 0 Å². The van der Waals surface area contributed by atoms with Gasteiger partial charge < -0.3 is 39.1 Å². The second-order valence-electron chi connectivity index (χ2n) is 9.96. The zero-order valence-corrected chi connectivity index (χ0v) is 22.4. The van der Waals surface area contributed by atoms with Gasteiger partial charge in [-0.15, -0.1) is 0 Å². The summed E-state index contributed by atoms with van der Waals surface area (Å²) in [6, 6.07) is -0.121. The van der Waals surface area contributed by atoms with Crippen molar-refractivity contribution in [3.8, 4) is 0 Å². The van der Waals surface area contributed by atoms with Gasteiger partial charge in [-0.05, 0) is 30.1 Å². The smallest absolute Gasteiger partial charge is 0.407 e. The summed E-state index contributed by atoms with van der Waals surface area (Å²) >= 11 is 0. The fourth-order valence-electron chi connectivity index (χ4n) is 4.51. The molecule has 1 aliphatic rings. The summed E-state index contributed by atoms with van der Waals surface area (Å²) in [6.07, 6.45) is 2.29. The Hall–Kier alpha value is -2.86. The monoisotopic (exact) mass is 530 g/mol. The van der Waals surface area contributed by atoms with Crippen LogP contribution in [0.3, 0.4) is 0 Å². The van der Waals surface area contributed by atoms with Crippen LogP contribution in [0, 0.1) is 10.8 Å². The SMILES string of the molecule is C=CC(=O)OCCOCCOC(=O)NC1CC(C)(C)CC(C)(CNC(=O)OCCOCCOC(C)=O)C1. The Morgan fingerprint density at radius 1 is 0.811 bits per heavy atom. The van der Waals surface area contributed by atoms with E-state index in [4.69, 9.17) is 28.4 Å². The van der Waals surface area contributed by atoms with Crippen LogP contribution < -0.4 is 10.6 Å². The van der Waals surface area contributed by atoms with Crippen molar-refractivity contribution < 1.29 is 47.6 Å². The van der Waals surface area contributed by atoms with E-state index in [9.17, 15) is 19.2 Å². The third-order valence-corrected chi connectivity index (χ3v) is 5.52. The van der Waals surface area contributed by atoms with Crippen LogP contribution in [-0.4, -0.2) is 89.6 Å². The minimum absolute atomic E-state index is 0.0572. The van der Waals surface area contributed by atoms with E-state index in [-0.39, 0.29) is 75.7 Å². The average Bonchev–Trinajstić information content (AvgIpc) is 2.79. The van der Waals surface area contributed by atoms with E-state index >= 15 is 0 Å². The number of rotatable bonds is 16. The highest BCUT2D eigenvalue weighted by atomic mass is 16.6. The summed E-state index contributed by atoms with van der Waals surface area (Å²) in [5, 5.41) is 5.73. The molecule has 0 aromatic heterocycles. The molecule has 2 amide bonds. The fourth-order valence-corrected chi connectivity index (χ4v) is 4.51. The molecule has 0 aromatic carbocycles. The Morgan fingerprint density at radius 3 is 1.92 bits per heavy atom. The summed E-state index contributed by atoms with van der Waals surface area (Å²) < 4.78 is 30.3. The maximum atomic E-state index is 12.3. The maximum Gasteiger partial charge on any atom is 0.407 e. The Morgan fingerprint density at radius 2 is 1.35 bits per heavy atom. The van der Waals surface area contributed by atoms with Crippen LogP contribution in [0.1, 0.15) is 47.0 Å². The van der Waals surface area contributed by atoms with Crippen LogP contribution in [-0.2, 0) is 38.0 Å². The van der Waals surface area contributed by atoms with Gasteiger partial charge in [0.2, 0.25) is 0 Å². The molecular formula is C25H42N2O10. The molecule has 0 saturated heterocycles. The lowest BCUT2D eigenvalue weighted by atomic mass is 9.62. The molecule has 0 heterocycles. The molecule has 2 atom stereocenters. The van der Waals surface area contributed by atoms with Crippen LogP contribution >= 0.6 is 0 Å². The molecule has 0 spiro atoms. The van der Waals surface area contributed by atoms with Gasteiger partial charge in [0.05, 0.1) is 26.4 Å². The first-order valence-electron chi connectivity index (χ1n) is 12.4. The van der Waals surface area contributed by atoms with Crippen molar-refractivity contribution in [2.75, 3.05) is 59.4 Å². The van der Waals surface area contributed by atoms with Crippen LogP contribution in [0.25, 0.3) is 0 Å². The molecule has 0 bridgehead atoms.